The molecule has 0 saturated heterocycles. The number of hydrogen-bond acceptors (Lipinski definition) is 1. The molecule has 1 nitrogen and oxygen atoms in total. The average molecular weight is 173 g/mol. The summed E-state index contributed by atoms with van der Waals surface area (Å²) in [5, 5.41) is 0. The Morgan fingerprint density at radius 2 is 2.23 bits per heavy atom. The maximum atomic E-state index is 3.96. The molecular weight excluding hydrogens is 158 g/mol. The molecule has 0 fully saturated rings. The van der Waals surface area contributed by atoms with Crippen molar-refractivity contribution in [3.05, 3.63) is 35.9 Å². The van der Waals surface area contributed by atoms with Gasteiger partial charge in [-0.15, -0.1) is 0 Å². The molecule has 0 aliphatic carbocycles. The summed E-state index contributed by atoms with van der Waals surface area (Å²) in [7, 11) is 2.15. The molecular formula is C12H15N. The monoisotopic (exact) mass is 173 g/mol. The van der Waals surface area contributed by atoms with Gasteiger partial charge in [0.1, 0.15) is 0 Å². The number of nitrogens with zero attached hydrogens (tertiary/aromatic N) is 1. The molecule has 0 atom stereocenters. The Morgan fingerprint density at radius 1 is 1.46 bits per heavy atom. The predicted molar refractivity (Wildman–Crippen MR) is 58.1 cm³/mol. The number of rotatable bonds is 1. The molecule has 1 aliphatic heterocycles. The van der Waals surface area contributed by atoms with Crippen molar-refractivity contribution in [3.8, 4) is 0 Å². The van der Waals surface area contributed by atoms with E-state index in [2.05, 4.69) is 43.6 Å². The molecule has 0 spiro atoms. The van der Waals surface area contributed by atoms with E-state index in [9.17, 15) is 0 Å². The van der Waals surface area contributed by atoms with Gasteiger partial charge in [-0.2, -0.15) is 0 Å². The van der Waals surface area contributed by atoms with Crippen molar-refractivity contribution in [3.63, 3.8) is 0 Å². The molecule has 0 N–H and O–H groups in total. The Hall–Kier alpha value is -1.24. The summed E-state index contributed by atoms with van der Waals surface area (Å²) in [5.74, 6) is 0. The summed E-state index contributed by atoms with van der Waals surface area (Å²) in [6.45, 7) is 7.16. The number of fused-ring (bicyclic) bond motifs is 1. The fourth-order valence-electron chi connectivity index (χ4n) is 1.83. The Labute approximate surface area is 79.7 Å². The van der Waals surface area contributed by atoms with Crippen LogP contribution in [0, 0.1) is 0 Å². The molecule has 0 bridgehead atoms. The summed E-state index contributed by atoms with van der Waals surface area (Å²) < 4.78 is 0. The number of hydrogen-bond donors (Lipinski definition) is 0. The highest BCUT2D eigenvalue weighted by Gasteiger charge is 2.15. The van der Waals surface area contributed by atoms with Gasteiger partial charge in [-0.1, -0.05) is 18.2 Å². The van der Waals surface area contributed by atoms with Crippen LogP contribution in [0.5, 0.6) is 0 Å². The Morgan fingerprint density at radius 3 is 2.92 bits per heavy atom. The van der Waals surface area contributed by atoms with Gasteiger partial charge in [-0.3, -0.25) is 0 Å². The van der Waals surface area contributed by atoms with E-state index >= 15 is 0 Å². The highest BCUT2D eigenvalue weighted by Crippen LogP contribution is 2.28. The van der Waals surface area contributed by atoms with E-state index in [0.717, 1.165) is 12.1 Å². The van der Waals surface area contributed by atoms with Crippen molar-refractivity contribution in [1.29, 1.82) is 0 Å². The van der Waals surface area contributed by atoms with Gasteiger partial charge in [0.05, 0.1) is 0 Å². The van der Waals surface area contributed by atoms with Crippen molar-refractivity contribution < 1.29 is 0 Å². The number of likely N-dealkylation sites (N-methyl/N-ethyl adjacent to an activating group) is 1. The number of allylic oxidation sites excluding steroid dienone is 1. The normalized spacial score (nSPS) is 14.5. The zero-order valence-corrected chi connectivity index (χ0v) is 8.30. The summed E-state index contributed by atoms with van der Waals surface area (Å²) in [5.41, 5.74) is 5.26. The van der Waals surface area contributed by atoms with Crippen molar-refractivity contribution in [2.24, 2.45) is 0 Å². The van der Waals surface area contributed by atoms with Crippen LogP contribution in [-0.2, 0) is 6.42 Å². The third-order valence-corrected chi connectivity index (χ3v) is 2.70. The van der Waals surface area contributed by atoms with Crippen molar-refractivity contribution in [1.82, 2.24) is 0 Å². The zero-order chi connectivity index (χ0) is 9.42. The van der Waals surface area contributed by atoms with Crippen LogP contribution < -0.4 is 4.90 Å². The molecule has 0 unspecified atom stereocenters. The maximum Gasteiger partial charge on any atom is 0.0397 e. The minimum Gasteiger partial charge on any atom is -0.374 e. The minimum absolute atomic E-state index is 1.15. The third kappa shape index (κ3) is 1.35. The zero-order valence-electron chi connectivity index (χ0n) is 8.30. The Kier molecular flexibility index (Phi) is 1.87. The first-order chi connectivity index (χ1) is 6.18. The van der Waals surface area contributed by atoms with Gasteiger partial charge < -0.3 is 4.90 Å². The van der Waals surface area contributed by atoms with Crippen LogP contribution in [0.2, 0.25) is 0 Å². The number of benzene rings is 1. The minimum atomic E-state index is 1.15. The Bertz CT molecular complexity index is 352. The number of anilines is 1. The lowest BCUT2D eigenvalue weighted by molar-refractivity contribution is 0.956. The first kappa shape index (κ1) is 8.36. The molecule has 1 heteroatoms. The molecule has 1 heterocycles. The van der Waals surface area contributed by atoms with Gasteiger partial charge in [0.15, 0.2) is 0 Å². The second-order valence-electron chi connectivity index (χ2n) is 3.80. The van der Waals surface area contributed by atoms with E-state index in [1.54, 1.807) is 0 Å². The second-order valence-corrected chi connectivity index (χ2v) is 3.80. The van der Waals surface area contributed by atoms with Crippen molar-refractivity contribution in [2.45, 2.75) is 13.3 Å². The molecule has 0 saturated carbocycles. The lowest BCUT2D eigenvalue weighted by Crippen LogP contribution is -2.12. The van der Waals surface area contributed by atoms with Gasteiger partial charge in [-0.05, 0) is 36.6 Å². The van der Waals surface area contributed by atoms with Crippen molar-refractivity contribution in [2.75, 3.05) is 18.5 Å². The van der Waals surface area contributed by atoms with Crippen LogP contribution in [0.1, 0.15) is 18.1 Å². The van der Waals surface area contributed by atoms with Gasteiger partial charge in [-0.25, -0.2) is 0 Å². The first-order valence-electron chi connectivity index (χ1n) is 4.68. The SMILES string of the molecule is C=C(C)c1ccc2c(c1)CCN2C. The van der Waals surface area contributed by atoms with Crippen LogP contribution in [0.3, 0.4) is 0 Å². The van der Waals surface area contributed by atoms with E-state index in [1.807, 2.05) is 0 Å². The molecule has 2 rings (SSSR count). The van der Waals surface area contributed by atoms with Gasteiger partial charge in [0.25, 0.3) is 0 Å². The highest BCUT2D eigenvalue weighted by atomic mass is 15.1. The quantitative estimate of drug-likeness (QED) is 0.631. The van der Waals surface area contributed by atoms with Crippen LogP contribution >= 0.6 is 0 Å². The predicted octanol–water partition coefficient (Wildman–Crippen LogP) is 2.71. The molecule has 0 aromatic heterocycles. The highest BCUT2D eigenvalue weighted by molar-refractivity contribution is 5.68. The standard InChI is InChI=1S/C12H15N/c1-9(2)10-4-5-12-11(8-10)6-7-13(12)3/h4-5,8H,1,6-7H2,2-3H3. The molecule has 1 aromatic rings. The largest absolute Gasteiger partial charge is 0.374 e. The first-order valence-corrected chi connectivity index (χ1v) is 4.68. The third-order valence-electron chi connectivity index (χ3n) is 2.70. The summed E-state index contributed by atoms with van der Waals surface area (Å²) in [6, 6.07) is 6.62. The lowest BCUT2D eigenvalue weighted by atomic mass is 10.0. The topological polar surface area (TPSA) is 3.24 Å². The van der Waals surface area contributed by atoms with E-state index in [4.69, 9.17) is 0 Å². The maximum absolute atomic E-state index is 3.96. The second kappa shape index (κ2) is 2.91. The molecule has 13 heavy (non-hydrogen) atoms. The van der Waals surface area contributed by atoms with Crippen LogP contribution in [0.15, 0.2) is 24.8 Å². The average Bonchev–Trinajstić information content (AvgIpc) is 2.47. The Balaban J connectivity index is 2.45. The summed E-state index contributed by atoms with van der Waals surface area (Å²) >= 11 is 0. The molecule has 0 radical (unpaired) electrons. The van der Waals surface area contributed by atoms with Crippen molar-refractivity contribution >= 4 is 11.3 Å². The summed E-state index contributed by atoms with van der Waals surface area (Å²) in [4.78, 5) is 2.30. The smallest absolute Gasteiger partial charge is 0.0397 e. The van der Waals surface area contributed by atoms with Crippen LogP contribution in [-0.4, -0.2) is 13.6 Å². The molecule has 0 amide bonds. The summed E-state index contributed by atoms with van der Waals surface area (Å²) in [6.07, 6.45) is 1.17. The molecule has 1 aromatic carbocycles. The van der Waals surface area contributed by atoms with Crippen LogP contribution in [0.4, 0.5) is 5.69 Å². The van der Waals surface area contributed by atoms with Gasteiger partial charge >= 0.3 is 0 Å². The molecule has 68 valence electrons. The fraction of sp³-hybridized carbons (Fsp3) is 0.333. The van der Waals surface area contributed by atoms with Gasteiger partial charge in [0.2, 0.25) is 0 Å². The lowest BCUT2D eigenvalue weighted by Gasteiger charge is -2.12. The van der Waals surface area contributed by atoms with E-state index in [0.29, 0.717) is 0 Å². The fourth-order valence-corrected chi connectivity index (χ4v) is 1.83. The van der Waals surface area contributed by atoms with Gasteiger partial charge in [0, 0.05) is 19.3 Å². The van der Waals surface area contributed by atoms with Crippen LogP contribution in [0.25, 0.3) is 5.57 Å². The van der Waals surface area contributed by atoms with E-state index < -0.39 is 0 Å². The molecule has 1 aliphatic rings. The van der Waals surface area contributed by atoms with E-state index in [-0.39, 0.29) is 0 Å². The van der Waals surface area contributed by atoms with E-state index in [1.165, 1.54) is 23.2 Å².